The number of ether oxygens (including phenoxy) is 1. The number of carbonyl (C=O) groups is 1. The summed E-state index contributed by atoms with van der Waals surface area (Å²) in [5, 5.41) is 7.37. The van der Waals surface area contributed by atoms with E-state index in [4.69, 9.17) is 27.9 Å². The summed E-state index contributed by atoms with van der Waals surface area (Å²) in [7, 11) is 0. The van der Waals surface area contributed by atoms with Crippen LogP contribution in [0.4, 0.5) is 0 Å². The molecule has 0 saturated carbocycles. The molecule has 0 radical (unpaired) electrons. The highest BCUT2D eigenvalue weighted by Crippen LogP contribution is 2.27. The normalized spacial score (nSPS) is 18.3. The zero-order valence-electron chi connectivity index (χ0n) is 11.8. The van der Waals surface area contributed by atoms with E-state index < -0.39 is 0 Å². The van der Waals surface area contributed by atoms with Gasteiger partial charge in [0.15, 0.2) is 0 Å². The second-order valence-corrected chi connectivity index (χ2v) is 5.98. The average molecular weight is 331 g/mol. The topological polar surface area (TPSA) is 50.4 Å². The second-order valence-electron chi connectivity index (χ2n) is 5.14. The van der Waals surface area contributed by atoms with Crippen molar-refractivity contribution in [2.45, 2.75) is 31.7 Å². The smallest absolute Gasteiger partial charge is 0.220 e. The van der Waals surface area contributed by atoms with Crippen molar-refractivity contribution in [2.24, 2.45) is 0 Å². The fourth-order valence-electron chi connectivity index (χ4n) is 2.28. The van der Waals surface area contributed by atoms with Gasteiger partial charge in [-0.05, 0) is 44.0 Å². The van der Waals surface area contributed by atoms with Gasteiger partial charge in [-0.3, -0.25) is 4.79 Å². The van der Waals surface area contributed by atoms with E-state index in [1.165, 1.54) is 0 Å². The monoisotopic (exact) mass is 330 g/mol. The first-order valence-corrected chi connectivity index (χ1v) is 7.98. The Hall–Kier alpha value is -0.970. The summed E-state index contributed by atoms with van der Waals surface area (Å²) in [6.07, 6.45) is 3.28. The number of benzene rings is 1. The predicted molar refractivity (Wildman–Crippen MR) is 85.2 cm³/mol. The van der Waals surface area contributed by atoms with Crippen molar-refractivity contribution < 1.29 is 9.53 Å². The van der Waals surface area contributed by atoms with E-state index in [1.807, 2.05) is 0 Å². The van der Waals surface area contributed by atoms with Gasteiger partial charge in [0, 0.05) is 24.0 Å². The third-order valence-electron chi connectivity index (χ3n) is 3.36. The van der Waals surface area contributed by atoms with Crippen LogP contribution in [-0.4, -0.2) is 31.6 Å². The number of hydrogen-bond donors (Lipinski definition) is 2. The molecule has 21 heavy (non-hydrogen) atoms. The maximum absolute atomic E-state index is 11.8. The Kier molecular flexibility index (Phi) is 6.61. The molecule has 1 aliphatic rings. The van der Waals surface area contributed by atoms with Crippen molar-refractivity contribution in [3.05, 3.63) is 28.2 Å². The third-order valence-corrected chi connectivity index (χ3v) is 3.89. The summed E-state index contributed by atoms with van der Waals surface area (Å²) in [5.74, 6) is 0.674. The van der Waals surface area contributed by atoms with Crippen molar-refractivity contribution >= 4 is 29.1 Å². The minimum atomic E-state index is 0.0782. The molecule has 1 aromatic carbocycles. The molecule has 0 aromatic heterocycles. The lowest BCUT2D eigenvalue weighted by Gasteiger charge is -2.23. The molecule has 116 valence electrons. The van der Waals surface area contributed by atoms with Gasteiger partial charge in [0.2, 0.25) is 5.91 Å². The molecule has 1 heterocycles. The number of amides is 1. The van der Waals surface area contributed by atoms with E-state index in [2.05, 4.69) is 10.6 Å². The van der Waals surface area contributed by atoms with Crippen LogP contribution in [0.25, 0.3) is 0 Å². The Balaban J connectivity index is 1.63. The van der Waals surface area contributed by atoms with Gasteiger partial charge in [-0.1, -0.05) is 23.2 Å². The first-order valence-electron chi connectivity index (χ1n) is 7.23. The summed E-state index contributed by atoms with van der Waals surface area (Å²) in [6.45, 7) is 2.36. The standard InChI is InChI=1S/C15H20Cl2N2O2/c16-11-5-6-14(13(17)9-11)21-8-2-4-15(20)19-12-3-1-7-18-10-12/h5-6,9,12,18H,1-4,7-8,10H2,(H,19,20). The summed E-state index contributed by atoms with van der Waals surface area (Å²) >= 11 is 11.8. The number of halogens is 2. The van der Waals surface area contributed by atoms with Crippen molar-refractivity contribution in [2.75, 3.05) is 19.7 Å². The first-order chi connectivity index (χ1) is 10.1. The molecule has 2 N–H and O–H groups in total. The van der Waals surface area contributed by atoms with Crippen LogP contribution in [0.5, 0.6) is 5.75 Å². The van der Waals surface area contributed by atoms with Crippen LogP contribution in [0.3, 0.4) is 0 Å². The Morgan fingerprint density at radius 3 is 3.00 bits per heavy atom. The van der Waals surface area contributed by atoms with Gasteiger partial charge in [0.25, 0.3) is 0 Å². The van der Waals surface area contributed by atoms with Crippen molar-refractivity contribution in [1.82, 2.24) is 10.6 Å². The molecule has 6 heteroatoms. The van der Waals surface area contributed by atoms with Crippen LogP contribution in [0.15, 0.2) is 18.2 Å². The molecular weight excluding hydrogens is 311 g/mol. The molecule has 4 nitrogen and oxygen atoms in total. The van der Waals surface area contributed by atoms with Gasteiger partial charge >= 0.3 is 0 Å². The Bertz CT molecular complexity index is 477. The molecule has 2 rings (SSSR count). The minimum absolute atomic E-state index is 0.0782. The van der Waals surface area contributed by atoms with E-state index >= 15 is 0 Å². The molecule has 1 saturated heterocycles. The fraction of sp³-hybridized carbons (Fsp3) is 0.533. The Morgan fingerprint density at radius 1 is 1.43 bits per heavy atom. The maximum Gasteiger partial charge on any atom is 0.220 e. The molecule has 1 atom stereocenters. The zero-order chi connectivity index (χ0) is 15.1. The van der Waals surface area contributed by atoms with Gasteiger partial charge < -0.3 is 15.4 Å². The summed E-state index contributed by atoms with van der Waals surface area (Å²) in [5.41, 5.74) is 0. The van der Waals surface area contributed by atoms with Crippen molar-refractivity contribution in [3.8, 4) is 5.75 Å². The number of piperidine rings is 1. The average Bonchev–Trinajstić information content (AvgIpc) is 2.46. The number of carbonyl (C=O) groups excluding carboxylic acids is 1. The Morgan fingerprint density at radius 2 is 2.29 bits per heavy atom. The molecule has 0 aliphatic carbocycles. The molecule has 1 fully saturated rings. The summed E-state index contributed by atoms with van der Waals surface area (Å²) in [6, 6.07) is 5.36. The maximum atomic E-state index is 11.8. The van der Waals surface area contributed by atoms with Gasteiger partial charge in [0.1, 0.15) is 5.75 Å². The number of rotatable bonds is 6. The lowest BCUT2D eigenvalue weighted by atomic mass is 10.1. The van der Waals surface area contributed by atoms with E-state index in [0.29, 0.717) is 35.2 Å². The van der Waals surface area contributed by atoms with Crippen LogP contribution < -0.4 is 15.4 Å². The van der Waals surface area contributed by atoms with E-state index in [0.717, 1.165) is 25.9 Å². The van der Waals surface area contributed by atoms with E-state index in [1.54, 1.807) is 18.2 Å². The molecule has 0 spiro atoms. The lowest BCUT2D eigenvalue weighted by molar-refractivity contribution is -0.122. The lowest BCUT2D eigenvalue weighted by Crippen LogP contribution is -2.45. The zero-order valence-corrected chi connectivity index (χ0v) is 13.3. The molecular formula is C15H20Cl2N2O2. The SMILES string of the molecule is O=C(CCCOc1ccc(Cl)cc1Cl)NC1CCCNC1. The summed E-state index contributed by atoms with van der Waals surface area (Å²) in [4.78, 5) is 11.8. The van der Waals surface area contributed by atoms with Gasteiger partial charge in [-0.15, -0.1) is 0 Å². The molecule has 1 aromatic rings. The van der Waals surface area contributed by atoms with Crippen LogP contribution in [0.2, 0.25) is 10.0 Å². The van der Waals surface area contributed by atoms with Gasteiger partial charge in [-0.2, -0.15) is 0 Å². The quantitative estimate of drug-likeness (QED) is 0.788. The minimum Gasteiger partial charge on any atom is -0.492 e. The Labute approximate surface area is 135 Å². The van der Waals surface area contributed by atoms with Gasteiger partial charge in [0.05, 0.1) is 11.6 Å². The predicted octanol–water partition coefficient (Wildman–Crippen LogP) is 3.02. The van der Waals surface area contributed by atoms with Crippen LogP contribution in [0.1, 0.15) is 25.7 Å². The molecule has 1 aliphatic heterocycles. The highest BCUT2D eigenvalue weighted by atomic mass is 35.5. The van der Waals surface area contributed by atoms with Gasteiger partial charge in [-0.25, -0.2) is 0 Å². The molecule has 0 bridgehead atoms. The second kappa shape index (κ2) is 8.47. The summed E-state index contributed by atoms with van der Waals surface area (Å²) < 4.78 is 5.55. The number of nitrogens with one attached hydrogen (secondary N) is 2. The van der Waals surface area contributed by atoms with Crippen molar-refractivity contribution in [1.29, 1.82) is 0 Å². The first kappa shape index (κ1) is 16.4. The van der Waals surface area contributed by atoms with Crippen molar-refractivity contribution in [3.63, 3.8) is 0 Å². The third kappa shape index (κ3) is 5.73. The van der Waals surface area contributed by atoms with Crippen LogP contribution >= 0.6 is 23.2 Å². The highest BCUT2D eigenvalue weighted by molar-refractivity contribution is 6.35. The molecule has 1 amide bonds. The fourth-order valence-corrected chi connectivity index (χ4v) is 2.75. The largest absolute Gasteiger partial charge is 0.492 e. The van der Waals surface area contributed by atoms with Crippen LogP contribution in [-0.2, 0) is 4.79 Å². The van der Waals surface area contributed by atoms with Crippen LogP contribution in [0, 0.1) is 0 Å². The van der Waals surface area contributed by atoms with E-state index in [9.17, 15) is 4.79 Å². The number of hydrogen-bond acceptors (Lipinski definition) is 3. The molecule has 1 unspecified atom stereocenters. The highest BCUT2D eigenvalue weighted by Gasteiger charge is 2.14. The van der Waals surface area contributed by atoms with E-state index in [-0.39, 0.29) is 11.9 Å².